The standard InChI is InChI=1S/C21H18ClN5O4/c22-10-1-2-11-30-14-8-6-13(7-9-14)21(29)23-16-5-3-4-15-17(28)12-18(31-19(15)16)20-24-26-27-25-20/h3-9,12H,1-2,10-11H2,(H,23,29)(H,24,25,26,27). The average Bonchev–Trinajstić information content (AvgIpc) is 3.33. The molecular formula is C21H18ClN5O4. The third kappa shape index (κ3) is 4.72. The number of fused-ring (bicyclic) bond motifs is 1. The number of amides is 1. The Bertz CT molecular complexity index is 1240. The van der Waals surface area contributed by atoms with E-state index in [4.69, 9.17) is 20.8 Å². The van der Waals surface area contributed by atoms with Gasteiger partial charge in [0.05, 0.1) is 17.7 Å². The highest BCUT2D eigenvalue weighted by Crippen LogP contribution is 2.26. The number of aromatic amines is 1. The summed E-state index contributed by atoms with van der Waals surface area (Å²) in [6.45, 7) is 0.566. The van der Waals surface area contributed by atoms with Gasteiger partial charge in [-0.25, -0.2) is 5.10 Å². The van der Waals surface area contributed by atoms with Crippen molar-refractivity contribution in [3.63, 3.8) is 0 Å². The molecule has 158 valence electrons. The van der Waals surface area contributed by atoms with Crippen molar-refractivity contribution in [2.75, 3.05) is 17.8 Å². The van der Waals surface area contributed by atoms with Crippen LogP contribution in [-0.2, 0) is 0 Å². The second kappa shape index (κ2) is 9.40. The highest BCUT2D eigenvalue weighted by molar-refractivity contribution is 6.17. The Balaban J connectivity index is 1.55. The maximum atomic E-state index is 12.7. The number of nitrogens with zero attached hydrogens (tertiary/aromatic N) is 3. The minimum atomic E-state index is -0.351. The lowest BCUT2D eigenvalue weighted by atomic mass is 10.1. The van der Waals surface area contributed by atoms with Crippen molar-refractivity contribution < 1.29 is 13.9 Å². The van der Waals surface area contributed by atoms with Gasteiger partial charge in [0.2, 0.25) is 5.82 Å². The van der Waals surface area contributed by atoms with Crippen molar-refractivity contribution in [2.24, 2.45) is 0 Å². The van der Waals surface area contributed by atoms with Crippen molar-refractivity contribution in [1.29, 1.82) is 0 Å². The predicted octanol–water partition coefficient (Wildman–Crippen LogP) is 3.62. The van der Waals surface area contributed by atoms with E-state index in [2.05, 4.69) is 25.9 Å². The highest BCUT2D eigenvalue weighted by atomic mass is 35.5. The molecule has 0 spiro atoms. The number of alkyl halides is 1. The summed E-state index contributed by atoms with van der Waals surface area (Å²) in [5, 5.41) is 16.4. The third-order valence-corrected chi connectivity index (χ3v) is 4.76. The Morgan fingerprint density at radius 3 is 2.74 bits per heavy atom. The van der Waals surface area contributed by atoms with Crippen LogP contribution < -0.4 is 15.5 Å². The van der Waals surface area contributed by atoms with Crippen molar-refractivity contribution in [2.45, 2.75) is 12.8 Å². The first-order valence-electron chi connectivity index (χ1n) is 9.57. The number of ether oxygens (including phenoxy) is 1. The number of nitrogens with one attached hydrogen (secondary N) is 2. The van der Waals surface area contributed by atoms with Crippen LogP contribution in [0.25, 0.3) is 22.6 Å². The summed E-state index contributed by atoms with van der Waals surface area (Å²) in [4.78, 5) is 25.2. The third-order valence-electron chi connectivity index (χ3n) is 4.49. The number of carbonyl (C=O) groups excluding carboxylic acids is 1. The number of unbranched alkanes of at least 4 members (excludes halogenated alkanes) is 1. The Kier molecular flexibility index (Phi) is 6.23. The van der Waals surface area contributed by atoms with E-state index in [0.29, 0.717) is 34.9 Å². The monoisotopic (exact) mass is 439 g/mol. The maximum Gasteiger partial charge on any atom is 0.255 e. The van der Waals surface area contributed by atoms with Gasteiger partial charge in [-0.15, -0.1) is 16.7 Å². The summed E-state index contributed by atoms with van der Waals surface area (Å²) in [6, 6.07) is 13.0. The van der Waals surface area contributed by atoms with Gasteiger partial charge in [-0.05, 0) is 59.7 Å². The number of hydrogen-bond donors (Lipinski definition) is 2. The van der Waals surface area contributed by atoms with Gasteiger partial charge in [-0.2, -0.15) is 0 Å². The fourth-order valence-corrected chi connectivity index (χ4v) is 3.13. The van der Waals surface area contributed by atoms with Crippen LogP contribution in [0.15, 0.2) is 57.7 Å². The molecule has 31 heavy (non-hydrogen) atoms. The zero-order chi connectivity index (χ0) is 21.6. The first-order chi connectivity index (χ1) is 15.2. The second-order valence-electron chi connectivity index (χ2n) is 6.63. The molecule has 0 aliphatic heterocycles. The molecule has 1 amide bonds. The van der Waals surface area contributed by atoms with Gasteiger partial charge in [0.1, 0.15) is 5.75 Å². The summed E-state index contributed by atoms with van der Waals surface area (Å²) >= 11 is 5.65. The molecule has 2 heterocycles. The zero-order valence-corrected chi connectivity index (χ0v) is 17.1. The van der Waals surface area contributed by atoms with E-state index >= 15 is 0 Å². The minimum absolute atomic E-state index is 0.167. The van der Waals surface area contributed by atoms with Gasteiger partial charge in [-0.3, -0.25) is 9.59 Å². The zero-order valence-electron chi connectivity index (χ0n) is 16.3. The number of hydrogen-bond acceptors (Lipinski definition) is 7. The van der Waals surface area contributed by atoms with Crippen LogP contribution in [0.3, 0.4) is 0 Å². The van der Waals surface area contributed by atoms with E-state index in [1.165, 1.54) is 6.07 Å². The molecule has 0 saturated carbocycles. The molecule has 0 aliphatic rings. The molecule has 9 nitrogen and oxygen atoms in total. The van der Waals surface area contributed by atoms with Crippen molar-refractivity contribution in [3.8, 4) is 17.3 Å². The summed E-state index contributed by atoms with van der Waals surface area (Å²) in [7, 11) is 0. The molecule has 2 aromatic heterocycles. The normalized spacial score (nSPS) is 10.9. The SMILES string of the molecule is O=C(Nc1cccc2c(=O)cc(-c3nnn[nH]3)oc12)c1ccc(OCCCCCl)cc1. The number of benzene rings is 2. The predicted molar refractivity (Wildman–Crippen MR) is 115 cm³/mol. The first-order valence-corrected chi connectivity index (χ1v) is 10.1. The van der Waals surface area contributed by atoms with Crippen LogP contribution >= 0.6 is 11.6 Å². The van der Waals surface area contributed by atoms with E-state index < -0.39 is 0 Å². The highest BCUT2D eigenvalue weighted by Gasteiger charge is 2.15. The van der Waals surface area contributed by atoms with Crippen LogP contribution in [0.4, 0.5) is 5.69 Å². The van der Waals surface area contributed by atoms with Crippen molar-refractivity contribution >= 4 is 34.2 Å². The molecule has 0 radical (unpaired) electrons. The van der Waals surface area contributed by atoms with Crippen LogP contribution in [0, 0.1) is 0 Å². The average molecular weight is 440 g/mol. The van der Waals surface area contributed by atoms with E-state index in [-0.39, 0.29) is 28.5 Å². The molecule has 4 rings (SSSR count). The fourth-order valence-electron chi connectivity index (χ4n) is 2.94. The number of anilines is 1. The Morgan fingerprint density at radius 2 is 2.00 bits per heavy atom. The molecule has 0 aliphatic carbocycles. The number of para-hydroxylation sites is 1. The quantitative estimate of drug-likeness (QED) is 0.317. The Hall–Kier alpha value is -3.72. The smallest absolute Gasteiger partial charge is 0.255 e. The molecule has 10 heteroatoms. The lowest BCUT2D eigenvalue weighted by Gasteiger charge is -2.09. The lowest BCUT2D eigenvalue weighted by molar-refractivity contribution is 0.102. The molecule has 0 atom stereocenters. The molecule has 0 bridgehead atoms. The molecule has 0 saturated heterocycles. The van der Waals surface area contributed by atoms with Gasteiger partial charge in [0.15, 0.2) is 16.8 Å². The van der Waals surface area contributed by atoms with Crippen LogP contribution in [0.1, 0.15) is 23.2 Å². The van der Waals surface area contributed by atoms with Crippen LogP contribution in [-0.4, -0.2) is 39.0 Å². The van der Waals surface area contributed by atoms with Gasteiger partial charge >= 0.3 is 0 Å². The first kappa shape index (κ1) is 20.5. The van der Waals surface area contributed by atoms with Crippen LogP contribution in [0.2, 0.25) is 0 Å². The van der Waals surface area contributed by atoms with Gasteiger partial charge in [0.25, 0.3) is 5.91 Å². The second-order valence-corrected chi connectivity index (χ2v) is 7.01. The summed E-state index contributed by atoms with van der Waals surface area (Å²) in [5.41, 5.74) is 0.742. The van der Waals surface area contributed by atoms with Crippen LogP contribution in [0.5, 0.6) is 5.75 Å². The fraction of sp³-hybridized carbons (Fsp3) is 0.190. The molecule has 2 aromatic carbocycles. The topological polar surface area (TPSA) is 123 Å². The molecular weight excluding hydrogens is 422 g/mol. The molecule has 2 N–H and O–H groups in total. The van der Waals surface area contributed by atoms with Crippen molar-refractivity contribution in [1.82, 2.24) is 20.6 Å². The van der Waals surface area contributed by atoms with E-state index in [1.807, 2.05) is 0 Å². The van der Waals surface area contributed by atoms with Gasteiger partial charge < -0.3 is 14.5 Å². The Labute approximate surface area is 181 Å². The number of rotatable bonds is 8. The summed E-state index contributed by atoms with van der Waals surface area (Å²) in [5.74, 6) is 1.30. The minimum Gasteiger partial charge on any atom is -0.494 e. The Morgan fingerprint density at radius 1 is 1.16 bits per heavy atom. The molecule has 0 unspecified atom stereocenters. The molecule has 0 fully saturated rings. The number of H-pyrrole nitrogens is 1. The van der Waals surface area contributed by atoms with Crippen molar-refractivity contribution in [3.05, 3.63) is 64.3 Å². The molecule has 4 aromatic rings. The summed E-state index contributed by atoms with van der Waals surface area (Å²) in [6.07, 6.45) is 1.75. The maximum absolute atomic E-state index is 12.7. The number of tetrazole rings is 1. The summed E-state index contributed by atoms with van der Waals surface area (Å²) < 4.78 is 11.4. The number of halogens is 1. The van der Waals surface area contributed by atoms with Gasteiger partial charge in [0, 0.05) is 17.5 Å². The van der Waals surface area contributed by atoms with E-state index in [9.17, 15) is 9.59 Å². The van der Waals surface area contributed by atoms with E-state index in [1.54, 1.807) is 42.5 Å². The van der Waals surface area contributed by atoms with Gasteiger partial charge in [-0.1, -0.05) is 6.07 Å². The number of aromatic nitrogens is 4. The largest absolute Gasteiger partial charge is 0.494 e. The number of carbonyl (C=O) groups is 1. The van der Waals surface area contributed by atoms with E-state index in [0.717, 1.165) is 12.8 Å². The lowest BCUT2D eigenvalue weighted by Crippen LogP contribution is -2.13.